The van der Waals surface area contributed by atoms with Crippen molar-refractivity contribution in [3.05, 3.63) is 29.3 Å². The Labute approximate surface area is 111 Å². The van der Waals surface area contributed by atoms with Gasteiger partial charge in [0.15, 0.2) is 0 Å². The number of rotatable bonds is 2. The van der Waals surface area contributed by atoms with Crippen molar-refractivity contribution in [3.63, 3.8) is 0 Å². The molecule has 1 aromatic rings. The number of aryl methyl sites for hydroxylation is 1. The molecule has 0 spiro atoms. The molecule has 1 N–H and O–H groups in total. The van der Waals surface area contributed by atoms with Gasteiger partial charge in [0, 0.05) is 19.6 Å². The molecule has 1 saturated heterocycles. The Hall–Kier alpha value is -1.05. The van der Waals surface area contributed by atoms with E-state index in [2.05, 4.69) is 5.32 Å². The van der Waals surface area contributed by atoms with Gasteiger partial charge in [-0.3, -0.25) is 0 Å². The molecule has 0 saturated carbocycles. The van der Waals surface area contributed by atoms with E-state index in [1.54, 1.807) is 0 Å². The standard InChI is InChI=1S/C12H16F2N2O2S/c1-9-7-11(14)12(8-10(9)13)19(17,18)16-5-2-3-15-4-6-16/h7-8,15H,2-6H2,1H3. The molecule has 1 heterocycles. The SMILES string of the molecule is Cc1cc(F)c(S(=O)(=O)N2CCCNCC2)cc1F. The molecule has 1 aliphatic heterocycles. The predicted octanol–water partition coefficient (Wildman–Crippen LogP) is 1.26. The Bertz CT molecular complexity index is 567. The van der Waals surface area contributed by atoms with Crippen LogP contribution >= 0.6 is 0 Å². The molecule has 4 nitrogen and oxygen atoms in total. The number of hydrogen-bond donors (Lipinski definition) is 1. The van der Waals surface area contributed by atoms with E-state index in [0.717, 1.165) is 18.7 Å². The Morgan fingerprint density at radius 1 is 1.16 bits per heavy atom. The van der Waals surface area contributed by atoms with E-state index < -0.39 is 26.6 Å². The Morgan fingerprint density at radius 2 is 1.89 bits per heavy atom. The van der Waals surface area contributed by atoms with Crippen LogP contribution in [0.5, 0.6) is 0 Å². The van der Waals surface area contributed by atoms with E-state index in [1.165, 1.54) is 11.2 Å². The second-order valence-corrected chi connectivity index (χ2v) is 6.45. The fourth-order valence-corrected chi connectivity index (χ4v) is 3.56. The van der Waals surface area contributed by atoms with Crippen LogP contribution < -0.4 is 5.32 Å². The number of hydrogen-bond acceptors (Lipinski definition) is 3. The van der Waals surface area contributed by atoms with Crippen molar-refractivity contribution >= 4 is 10.0 Å². The van der Waals surface area contributed by atoms with Gasteiger partial charge in [-0.25, -0.2) is 17.2 Å². The molecule has 1 fully saturated rings. The summed E-state index contributed by atoms with van der Waals surface area (Å²) in [7, 11) is -3.98. The van der Waals surface area contributed by atoms with Crippen LogP contribution in [0.2, 0.25) is 0 Å². The molecule has 0 aromatic heterocycles. The van der Waals surface area contributed by atoms with Gasteiger partial charge in [-0.15, -0.1) is 0 Å². The van der Waals surface area contributed by atoms with Crippen LogP contribution in [0.25, 0.3) is 0 Å². The second kappa shape index (κ2) is 5.52. The lowest BCUT2D eigenvalue weighted by atomic mass is 10.2. The largest absolute Gasteiger partial charge is 0.315 e. The summed E-state index contributed by atoms with van der Waals surface area (Å²) in [6.07, 6.45) is 0.648. The first-order valence-electron chi connectivity index (χ1n) is 6.09. The maximum atomic E-state index is 13.8. The van der Waals surface area contributed by atoms with Crippen molar-refractivity contribution in [1.82, 2.24) is 9.62 Å². The van der Waals surface area contributed by atoms with Gasteiger partial charge in [-0.1, -0.05) is 0 Å². The number of nitrogens with one attached hydrogen (secondary N) is 1. The molecular formula is C12H16F2N2O2S. The first-order valence-corrected chi connectivity index (χ1v) is 7.53. The maximum Gasteiger partial charge on any atom is 0.246 e. The topological polar surface area (TPSA) is 49.4 Å². The highest BCUT2D eigenvalue weighted by Gasteiger charge is 2.28. The molecule has 0 radical (unpaired) electrons. The van der Waals surface area contributed by atoms with E-state index >= 15 is 0 Å². The van der Waals surface area contributed by atoms with E-state index in [0.29, 0.717) is 19.5 Å². The zero-order valence-electron chi connectivity index (χ0n) is 10.6. The zero-order chi connectivity index (χ0) is 14.0. The molecule has 0 atom stereocenters. The quantitative estimate of drug-likeness (QED) is 0.892. The highest BCUT2D eigenvalue weighted by molar-refractivity contribution is 7.89. The van der Waals surface area contributed by atoms with Crippen molar-refractivity contribution < 1.29 is 17.2 Å². The lowest BCUT2D eigenvalue weighted by Gasteiger charge is -2.20. The van der Waals surface area contributed by atoms with E-state index in [9.17, 15) is 17.2 Å². The summed E-state index contributed by atoms with van der Waals surface area (Å²) >= 11 is 0. The molecule has 1 aromatic carbocycles. The fourth-order valence-electron chi connectivity index (χ4n) is 2.03. The molecule has 1 aliphatic rings. The van der Waals surface area contributed by atoms with E-state index in [-0.39, 0.29) is 12.1 Å². The molecule has 106 valence electrons. The number of benzene rings is 1. The molecule has 19 heavy (non-hydrogen) atoms. The van der Waals surface area contributed by atoms with E-state index in [4.69, 9.17) is 0 Å². The number of sulfonamides is 1. The number of halogens is 2. The summed E-state index contributed by atoms with van der Waals surface area (Å²) in [4.78, 5) is -0.586. The van der Waals surface area contributed by atoms with Gasteiger partial charge in [0.1, 0.15) is 16.5 Å². The smallest absolute Gasteiger partial charge is 0.246 e. The third-order valence-corrected chi connectivity index (χ3v) is 5.04. The monoisotopic (exact) mass is 290 g/mol. The normalized spacial score (nSPS) is 18.3. The minimum atomic E-state index is -3.98. The number of nitrogens with zero attached hydrogens (tertiary/aromatic N) is 1. The second-order valence-electron chi connectivity index (χ2n) is 4.54. The van der Waals surface area contributed by atoms with Gasteiger partial charge in [-0.2, -0.15) is 4.31 Å². The van der Waals surface area contributed by atoms with Crippen LogP contribution in [0.15, 0.2) is 17.0 Å². The summed E-state index contributed by atoms with van der Waals surface area (Å²) in [5.41, 5.74) is 0.0917. The lowest BCUT2D eigenvalue weighted by Crippen LogP contribution is -2.34. The van der Waals surface area contributed by atoms with E-state index in [1.807, 2.05) is 0 Å². The highest BCUT2D eigenvalue weighted by Crippen LogP contribution is 2.22. The lowest BCUT2D eigenvalue weighted by molar-refractivity contribution is 0.426. The Balaban J connectivity index is 2.41. The Morgan fingerprint density at radius 3 is 2.63 bits per heavy atom. The molecule has 0 unspecified atom stereocenters. The molecule has 0 amide bonds. The van der Waals surface area contributed by atoms with Crippen LogP contribution in [0.1, 0.15) is 12.0 Å². The minimum Gasteiger partial charge on any atom is -0.315 e. The van der Waals surface area contributed by atoms with Crippen LogP contribution in [0.3, 0.4) is 0 Å². The van der Waals surface area contributed by atoms with Gasteiger partial charge in [-0.05, 0) is 37.6 Å². The molecule has 7 heteroatoms. The highest BCUT2D eigenvalue weighted by atomic mass is 32.2. The van der Waals surface area contributed by atoms with Crippen molar-refractivity contribution in [1.29, 1.82) is 0 Å². The summed E-state index contributed by atoms with van der Waals surface area (Å²) in [5.74, 6) is -1.62. The summed E-state index contributed by atoms with van der Waals surface area (Å²) < 4.78 is 53.1. The Kier molecular flexibility index (Phi) is 4.17. The third-order valence-electron chi connectivity index (χ3n) is 3.13. The van der Waals surface area contributed by atoms with Crippen molar-refractivity contribution in [2.45, 2.75) is 18.2 Å². The average molecular weight is 290 g/mol. The maximum absolute atomic E-state index is 13.8. The summed E-state index contributed by atoms with van der Waals surface area (Å²) in [6.45, 7) is 3.19. The van der Waals surface area contributed by atoms with Gasteiger partial charge in [0.25, 0.3) is 0 Å². The summed E-state index contributed by atoms with van der Waals surface area (Å²) in [5, 5.41) is 3.06. The van der Waals surface area contributed by atoms with Crippen LogP contribution in [0.4, 0.5) is 8.78 Å². The third kappa shape index (κ3) is 2.93. The summed E-state index contributed by atoms with van der Waals surface area (Å²) in [6, 6.07) is 1.68. The van der Waals surface area contributed by atoms with Gasteiger partial charge in [0.2, 0.25) is 10.0 Å². The van der Waals surface area contributed by atoms with Crippen molar-refractivity contribution in [2.24, 2.45) is 0 Å². The molecule has 0 bridgehead atoms. The van der Waals surface area contributed by atoms with Crippen molar-refractivity contribution in [3.8, 4) is 0 Å². The first kappa shape index (κ1) is 14.4. The van der Waals surface area contributed by atoms with Gasteiger partial charge >= 0.3 is 0 Å². The average Bonchev–Trinajstić information content (AvgIpc) is 2.62. The van der Waals surface area contributed by atoms with Crippen LogP contribution in [-0.4, -0.2) is 38.9 Å². The minimum absolute atomic E-state index is 0.0917. The predicted molar refractivity (Wildman–Crippen MR) is 67.3 cm³/mol. The molecule has 2 rings (SSSR count). The molecule has 0 aliphatic carbocycles. The zero-order valence-corrected chi connectivity index (χ0v) is 11.4. The first-order chi connectivity index (χ1) is 8.93. The van der Waals surface area contributed by atoms with Gasteiger partial charge < -0.3 is 5.32 Å². The van der Waals surface area contributed by atoms with Gasteiger partial charge in [0.05, 0.1) is 0 Å². The fraction of sp³-hybridized carbons (Fsp3) is 0.500. The van der Waals surface area contributed by atoms with Crippen molar-refractivity contribution in [2.75, 3.05) is 26.2 Å². The molecular weight excluding hydrogens is 274 g/mol. The van der Waals surface area contributed by atoms with Crippen LogP contribution in [-0.2, 0) is 10.0 Å². The van der Waals surface area contributed by atoms with Crippen LogP contribution in [0, 0.1) is 18.6 Å².